The first kappa shape index (κ1) is 15.5. The summed E-state index contributed by atoms with van der Waals surface area (Å²) < 4.78 is 10.6. The number of carboxylic acid groups (broad SMARTS) is 1. The standard InChI is InChI=1S/C14H20N2O5/c1-9(2)15-13(17)11-8-20-6-5-16(11)7-10-3-4-12(21-10)14(18)19/h3-4,9,11H,5-8H2,1-2H3,(H,15,17)(H,18,19). The van der Waals surface area contributed by atoms with Gasteiger partial charge in [0, 0.05) is 12.6 Å². The molecule has 1 aromatic heterocycles. The van der Waals surface area contributed by atoms with Crippen molar-refractivity contribution in [3.63, 3.8) is 0 Å². The van der Waals surface area contributed by atoms with Gasteiger partial charge in [-0.05, 0) is 26.0 Å². The monoisotopic (exact) mass is 296 g/mol. The Labute approximate surface area is 122 Å². The Bertz CT molecular complexity index is 511. The highest BCUT2D eigenvalue weighted by molar-refractivity contribution is 5.84. The summed E-state index contributed by atoms with van der Waals surface area (Å²) in [6, 6.07) is 2.71. The molecule has 1 fully saturated rings. The van der Waals surface area contributed by atoms with Crippen LogP contribution in [0.4, 0.5) is 0 Å². The Morgan fingerprint density at radius 1 is 1.48 bits per heavy atom. The molecule has 7 nitrogen and oxygen atoms in total. The van der Waals surface area contributed by atoms with Crippen molar-refractivity contribution in [2.24, 2.45) is 0 Å². The number of hydrogen-bond acceptors (Lipinski definition) is 5. The zero-order valence-electron chi connectivity index (χ0n) is 12.2. The van der Waals surface area contributed by atoms with Gasteiger partial charge >= 0.3 is 5.97 Å². The van der Waals surface area contributed by atoms with Crippen LogP contribution in [0.2, 0.25) is 0 Å². The molecule has 1 aromatic rings. The highest BCUT2D eigenvalue weighted by Gasteiger charge is 2.30. The molecule has 2 N–H and O–H groups in total. The fraction of sp³-hybridized carbons (Fsp3) is 0.571. The molecule has 116 valence electrons. The minimum absolute atomic E-state index is 0.0588. The normalized spacial score (nSPS) is 19.7. The third kappa shape index (κ3) is 4.05. The van der Waals surface area contributed by atoms with E-state index in [4.69, 9.17) is 14.3 Å². The predicted octanol–water partition coefficient (Wildman–Crippen LogP) is 0.703. The Morgan fingerprint density at radius 3 is 2.86 bits per heavy atom. The number of hydrogen-bond donors (Lipinski definition) is 2. The molecule has 1 saturated heterocycles. The number of nitrogens with one attached hydrogen (secondary N) is 1. The molecular formula is C14H20N2O5. The van der Waals surface area contributed by atoms with Crippen LogP contribution in [0.25, 0.3) is 0 Å². The SMILES string of the molecule is CC(C)NC(=O)C1COCCN1Cc1ccc(C(=O)O)o1. The highest BCUT2D eigenvalue weighted by atomic mass is 16.5. The van der Waals surface area contributed by atoms with E-state index in [9.17, 15) is 9.59 Å². The van der Waals surface area contributed by atoms with Crippen LogP contribution >= 0.6 is 0 Å². The molecule has 7 heteroatoms. The highest BCUT2D eigenvalue weighted by Crippen LogP contribution is 2.15. The summed E-state index contributed by atoms with van der Waals surface area (Å²) >= 11 is 0. The lowest BCUT2D eigenvalue weighted by Gasteiger charge is -2.34. The second kappa shape index (κ2) is 6.73. The van der Waals surface area contributed by atoms with Crippen molar-refractivity contribution in [2.75, 3.05) is 19.8 Å². The van der Waals surface area contributed by atoms with Gasteiger partial charge < -0.3 is 19.6 Å². The fourth-order valence-electron chi connectivity index (χ4n) is 2.23. The van der Waals surface area contributed by atoms with E-state index in [1.54, 1.807) is 6.07 Å². The molecule has 21 heavy (non-hydrogen) atoms. The average Bonchev–Trinajstić information content (AvgIpc) is 2.87. The summed E-state index contributed by atoms with van der Waals surface area (Å²) in [5.74, 6) is -0.759. The molecule has 0 aromatic carbocycles. The zero-order valence-corrected chi connectivity index (χ0v) is 12.2. The number of amides is 1. The Morgan fingerprint density at radius 2 is 2.24 bits per heavy atom. The Balaban J connectivity index is 2.04. The van der Waals surface area contributed by atoms with Crippen molar-refractivity contribution in [3.8, 4) is 0 Å². The third-order valence-electron chi connectivity index (χ3n) is 3.20. The van der Waals surface area contributed by atoms with Crippen LogP contribution in [0.3, 0.4) is 0 Å². The number of rotatable bonds is 5. The van der Waals surface area contributed by atoms with Crippen molar-refractivity contribution in [2.45, 2.75) is 32.5 Å². The van der Waals surface area contributed by atoms with Gasteiger partial charge in [0.05, 0.1) is 19.8 Å². The second-order valence-corrected chi connectivity index (χ2v) is 5.30. The molecule has 2 rings (SSSR count). The number of carbonyl (C=O) groups is 2. The summed E-state index contributed by atoms with van der Waals surface area (Å²) in [6.45, 7) is 5.64. The van der Waals surface area contributed by atoms with Gasteiger partial charge in [-0.3, -0.25) is 9.69 Å². The van der Waals surface area contributed by atoms with E-state index in [1.165, 1.54) is 6.07 Å². The number of nitrogens with zero attached hydrogens (tertiary/aromatic N) is 1. The molecular weight excluding hydrogens is 276 g/mol. The van der Waals surface area contributed by atoms with Gasteiger partial charge in [-0.1, -0.05) is 0 Å². The lowest BCUT2D eigenvalue weighted by atomic mass is 10.2. The maximum Gasteiger partial charge on any atom is 0.371 e. The molecule has 2 heterocycles. The number of carboxylic acids is 1. The molecule has 0 aliphatic carbocycles. The quantitative estimate of drug-likeness (QED) is 0.831. The van der Waals surface area contributed by atoms with E-state index in [-0.39, 0.29) is 23.8 Å². The number of ether oxygens (including phenoxy) is 1. The zero-order chi connectivity index (χ0) is 15.4. The molecule has 1 aliphatic heterocycles. The van der Waals surface area contributed by atoms with E-state index >= 15 is 0 Å². The minimum Gasteiger partial charge on any atom is -0.475 e. The topological polar surface area (TPSA) is 92.0 Å². The molecule has 1 amide bonds. The molecule has 0 bridgehead atoms. The molecule has 0 radical (unpaired) electrons. The summed E-state index contributed by atoms with van der Waals surface area (Å²) in [4.78, 5) is 24.9. The van der Waals surface area contributed by atoms with E-state index in [1.807, 2.05) is 18.7 Å². The van der Waals surface area contributed by atoms with E-state index in [2.05, 4.69) is 5.32 Å². The van der Waals surface area contributed by atoms with Crippen molar-refractivity contribution < 1.29 is 23.8 Å². The van der Waals surface area contributed by atoms with Crippen LogP contribution in [-0.2, 0) is 16.1 Å². The van der Waals surface area contributed by atoms with E-state index in [0.717, 1.165) is 0 Å². The van der Waals surface area contributed by atoms with Gasteiger partial charge in [0.15, 0.2) is 0 Å². The van der Waals surface area contributed by atoms with Crippen LogP contribution in [0.1, 0.15) is 30.2 Å². The predicted molar refractivity (Wildman–Crippen MR) is 74.0 cm³/mol. The van der Waals surface area contributed by atoms with Crippen LogP contribution < -0.4 is 5.32 Å². The maximum absolute atomic E-state index is 12.2. The number of morpholine rings is 1. The number of aromatic carboxylic acids is 1. The van der Waals surface area contributed by atoms with Crippen molar-refractivity contribution in [1.29, 1.82) is 0 Å². The first-order valence-corrected chi connectivity index (χ1v) is 6.91. The molecule has 1 aliphatic rings. The van der Waals surface area contributed by atoms with Gasteiger partial charge in [0.25, 0.3) is 0 Å². The van der Waals surface area contributed by atoms with Gasteiger partial charge in [0.2, 0.25) is 11.7 Å². The number of furan rings is 1. The minimum atomic E-state index is -1.10. The Hall–Kier alpha value is -1.86. The Kier molecular flexibility index (Phi) is 4.98. The summed E-state index contributed by atoms with van der Waals surface area (Å²) in [6.07, 6.45) is 0. The second-order valence-electron chi connectivity index (χ2n) is 5.30. The average molecular weight is 296 g/mol. The van der Waals surface area contributed by atoms with Crippen molar-refractivity contribution >= 4 is 11.9 Å². The van der Waals surface area contributed by atoms with Crippen LogP contribution in [0.15, 0.2) is 16.5 Å². The summed E-state index contributed by atoms with van der Waals surface area (Å²) in [7, 11) is 0. The summed E-state index contributed by atoms with van der Waals surface area (Å²) in [5.41, 5.74) is 0. The van der Waals surface area contributed by atoms with Gasteiger partial charge in [-0.25, -0.2) is 4.79 Å². The van der Waals surface area contributed by atoms with Crippen molar-refractivity contribution in [1.82, 2.24) is 10.2 Å². The lowest BCUT2D eigenvalue weighted by Crippen LogP contribution is -2.54. The van der Waals surface area contributed by atoms with E-state index in [0.29, 0.717) is 32.1 Å². The molecule has 1 unspecified atom stereocenters. The largest absolute Gasteiger partial charge is 0.475 e. The third-order valence-corrected chi connectivity index (χ3v) is 3.20. The first-order chi connectivity index (χ1) is 9.97. The van der Waals surface area contributed by atoms with Crippen LogP contribution in [0, 0.1) is 0 Å². The molecule has 0 saturated carbocycles. The smallest absolute Gasteiger partial charge is 0.371 e. The fourth-order valence-corrected chi connectivity index (χ4v) is 2.23. The van der Waals surface area contributed by atoms with Crippen molar-refractivity contribution in [3.05, 3.63) is 23.7 Å². The van der Waals surface area contributed by atoms with Crippen LogP contribution in [0.5, 0.6) is 0 Å². The van der Waals surface area contributed by atoms with Gasteiger partial charge in [-0.15, -0.1) is 0 Å². The maximum atomic E-state index is 12.2. The number of carbonyl (C=O) groups excluding carboxylic acids is 1. The molecule has 1 atom stereocenters. The first-order valence-electron chi connectivity index (χ1n) is 6.91. The van der Waals surface area contributed by atoms with Gasteiger partial charge in [-0.2, -0.15) is 0 Å². The lowest BCUT2D eigenvalue weighted by molar-refractivity contribution is -0.133. The summed E-state index contributed by atoms with van der Waals surface area (Å²) in [5, 5.41) is 11.7. The van der Waals surface area contributed by atoms with Gasteiger partial charge in [0.1, 0.15) is 11.8 Å². The van der Waals surface area contributed by atoms with E-state index < -0.39 is 5.97 Å². The van der Waals surface area contributed by atoms with Crippen LogP contribution in [-0.4, -0.2) is 53.7 Å². The molecule has 0 spiro atoms.